The van der Waals surface area contributed by atoms with Gasteiger partial charge in [0.25, 0.3) is 5.91 Å². The van der Waals surface area contributed by atoms with Gasteiger partial charge in [0.15, 0.2) is 6.10 Å². The number of hydrogen-bond acceptors (Lipinski definition) is 8. The van der Waals surface area contributed by atoms with Crippen molar-refractivity contribution in [2.24, 2.45) is 5.92 Å². The van der Waals surface area contributed by atoms with Crippen molar-refractivity contribution < 1.29 is 28.4 Å². The van der Waals surface area contributed by atoms with Crippen LogP contribution in [0.1, 0.15) is 64.2 Å². The summed E-state index contributed by atoms with van der Waals surface area (Å²) in [7, 11) is 0. The van der Waals surface area contributed by atoms with Crippen LogP contribution in [-0.2, 0) is 27.1 Å². The molecule has 0 unspecified atom stereocenters. The number of carbonyl (C=O) groups excluding carboxylic acids is 3. The first-order valence-electron chi connectivity index (χ1n) is 9.56. The normalized spacial score (nSPS) is 16.6. The molecule has 0 aromatic carbocycles. The maximum atomic E-state index is 12.6. The predicted octanol–water partition coefficient (Wildman–Crippen LogP) is 3.53. The van der Waals surface area contributed by atoms with Crippen molar-refractivity contribution in [3.05, 3.63) is 33.5 Å². The van der Waals surface area contributed by atoms with Crippen molar-refractivity contribution in [2.75, 3.05) is 11.9 Å². The van der Waals surface area contributed by atoms with Crippen LogP contribution in [0.3, 0.4) is 0 Å². The molecule has 1 amide bonds. The molecule has 1 aliphatic carbocycles. The van der Waals surface area contributed by atoms with E-state index in [2.05, 4.69) is 17.4 Å². The first-order valence-corrected chi connectivity index (χ1v) is 10.4. The Bertz CT molecular complexity index is 932. The van der Waals surface area contributed by atoms with Gasteiger partial charge in [-0.1, -0.05) is 12.1 Å². The van der Waals surface area contributed by atoms with E-state index in [1.165, 1.54) is 24.3 Å². The van der Waals surface area contributed by atoms with Gasteiger partial charge in [0.1, 0.15) is 5.00 Å². The Morgan fingerprint density at radius 3 is 2.79 bits per heavy atom. The number of carbonyl (C=O) groups is 3. The SMILES string of the molecule is CCOC(=O)c1c(NC(=O)[C@H](C)OC(=O)c2cc(C)no2)sc2c1CC[C@@H](C)C2. The fourth-order valence-electron chi connectivity index (χ4n) is 3.20. The molecule has 0 saturated heterocycles. The maximum Gasteiger partial charge on any atom is 0.377 e. The molecule has 2 heterocycles. The summed E-state index contributed by atoms with van der Waals surface area (Å²) in [4.78, 5) is 38.3. The number of fused-ring (bicyclic) bond motifs is 1. The number of esters is 2. The zero-order valence-corrected chi connectivity index (χ0v) is 17.7. The van der Waals surface area contributed by atoms with Crippen LogP contribution in [0.25, 0.3) is 0 Å². The zero-order chi connectivity index (χ0) is 21.1. The molecule has 0 bridgehead atoms. The van der Waals surface area contributed by atoms with Gasteiger partial charge in [0, 0.05) is 10.9 Å². The topological polar surface area (TPSA) is 108 Å². The number of thiophene rings is 1. The van der Waals surface area contributed by atoms with Crippen molar-refractivity contribution >= 4 is 34.2 Å². The van der Waals surface area contributed by atoms with E-state index >= 15 is 0 Å². The van der Waals surface area contributed by atoms with Crippen LogP contribution in [-0.4, -0.2) is 35.7 Å². The maximum absolute atomic E-state index is 12.6. The number of nitrogens with zero attached hydrogens (tertiary/aromatic N) is 1. The Morgan fingerprint density at radius 2 is 2.14 bits per heavy atom. The molecule has 0 fully saturated rings. The van der Waals surface area contributed by atoms with Crippen LogP contribution in [0.4, 0.5) is 5.00 Å². The third-order valence-corrected chi connectivity index (χ3v) is 5.88. The van der Waals surface area contributed by atoms with Gasteiger partial charge in [-0.15, -0.1) is 11.3 Å². The summed E-state index contributed by atoms with van der Waals surface area (Å²) >= 11 is 1.38. The van der Waals surface area contributed by atoms with Crippen LogP contribution >= 0.6 is 11.3 Å². The highest BCUT2D eigenvalue weighted by molar-refractivity contribution is 7.17. The van der Waals surface area contributed by atoms with Crippen molar-refractivity contribution in [3.8, 4) is 0 Å². The summed E-state index contributed by atoms with van der Waals surface area (Å²) in [6.07, 6.45) is 1.53. The highest BCUT2D eigenvalue weighted by atomic mass is 32.1. The molecule has 3 rings (SSSR count). The number of hydrogen-bond donors (Lipinski definition) is 1. The second kappa shape index (κ2) is 8.77. The number of rotatable bonds is 6. The van der Waals surface area contributed by atoms with Gasteiger partial charge in [-0.2, -0.15) is 0 Å². The standard InChI is InChI=1S/C20H24N2O6S/c1-5-26-20(25)16-13-7-6-10(2)8-15(13)29-18(16)21-17(23)12(4)27-19(24)14-9-11(3)22-28-14/h9-10,12H,5-8H2,1-4H3,(H,21,23)/t10-,12+/m1/s1. The zero-order valence-electron chi connectivity index (χ0n) is 16.9. The molecule has 0 spiro atoms. The first kappa shape index (κ1) is 21.0. The van der Waals surface area contributed by atoms with E-state index in [1.807, 2.05) is 0 Å². The highest BCUT2D eigenvalue weighted by Gasteiger charge is 2.30. The summed E-state index contributed by atoms with van der Waals surface area (Å²) in [5.74, 6) is -1.32. The van der Waals surface area contributed by atoms with Crippen LogP contribution in [0.2, 0.25) is 0 Å². The highest BCUT2D eigenvalue weighted by Crippen LogP contribution is 2.40. The van der Waals surface area contributed by atoms with Crippen LogP contribution in [0.15, 0.2) is 10.6 Å². The van der Waals surface area contributed by atoms with Crippen molar-refractivity contribution in [1.29, 1.82) is 0 Å². The molecule has 156 valence electrons. The van der Waals surface area contributed by atoms with E-state index in [1.54, 1.807) is 13.8 Å². The molecule has 2 atom stereocenters. The molecule has 2 aromatic heterocycles. The van der Waals surface area contributed by atoms with Gasteiger partial charge in [-0.05, 0) is 51.5 Å². The number of ether oxygens (including phenoxy) is 2. The average molecular weight is 420 g/mol. The van der Waals surface area contributed by atoms with E-state index in [0.717, 1.165) is 29.7 Å². The number of nitrogens with one attached hydrogen (secondary N) is 1. The molecule has 1 N–H and O–H groups in total. The molecule has 0 aliphatic heterocycles. The van der Waals surface area contributed by atoms with E-state index < -0.39 is 23.9 Å². The Labute approximate surface area is 172 Å². The van der Waals surface area contributed by atoms with Crippen LogP contribution in [0, 0.1) is 12.8 Å². The molecule has 8 nitrogen and oxygen atoms in total. The number of aromatic nitrogens is 1. The Morgan fingerprint density at radius 1 is 1.38 bits per heavy atom. The Hall–Kier alpha value is -2.68. The van der Waals surface area contributed by atoms with E-state index in [4.69, 9.17) is 14.0 Å². The summed E-state index contributed by atoms with van der Waals surface area (Å²) in [6.45, 7) is 7.28. The van der Waals surface area contributed by atoms with Gasteiger partial charge in [-0.3, -0.25) is 4.79 Å². The Kier molecular flexibility index (Phi) is 6.36. The van der Waals surface area contributed by atoms with Gasteiger partial charge >= 0.3 is 11.9 Å². The first-order chi connectivity index (χ1) is 13.8. The summed E-state index contributed by atoms with van der Waals surface area (Å²) in [6, 6.07) is 1.43. The van der Waals surface area contributed by atoms with Crippen molar-refractivity contribution in [1.82, 2.24) is 5.16 Å². The minimum absolute atomic E-state index is 0.0741. The van der Waals surface area contributed by atoms with Gasteiger partial charge in [0.2, 0.25) is 5.76 Å². The van der Waals surface area contributed by atoms with Gasteiger partial charge in [0.05, 0.1) is 17.9 Å². The fourth-order valence-corrected chi connectivity index (χ4v) is 4.61. The predicted molar refractivity (Wildman–Crippen MR) is 106 cm³/mol. The van der Waals surface area contributed by atoms with Crippen LogP contribution < -0.4 is 5.32 Å². The van der Waals surface area contributed by atoms with Crippen molar-refractivity contribution in [3.63, 3.8) is 0 Å². The largest absolute Gasteiger partial charge is 0.462 e. The smallest absolute Gasteiger partial charge is 0.377 e. The van der Waals surface area contributed by atoms with Crippen molar-refractivity contribution in [2.45, 2.75) is 53.1 Å². The molecule has 0 radical (unpaired) electrons. The van der Waals surface area contributed by atoms with E-state index in [9.17, 15) is 14.4 Å². The second-order valence-corrected chi connectivity index (χ2v) is 8.25. The monoisotopic (exact) mass is 420 g/mol. The Balaban J connectivity index is 1.76. The third-order valence-electron chi connectivity index (χ3n) is 4.71. The minimum Gasteiger partial charge on any atom is -0.462 e. The second-order valence-electron chi connectivity index (χ2n) is 7.15. The number of aryl methyl sites for hydroxylation is 1. The average Bonchev–Trinajstić information content (AvgIpc) is 3.24. The molecule has 1 aliphatic rings. The lowest BCUT2D eigenvalue weighted by atomic mass is 9.88. The summed E-state index contributed by atoms with van der Waals surface area (Å²) in [5, 5.41) is 6.80. The lowest BCUT2D eigenvalue weighted by Gasteiger charge is -2.18. The van der Waals surface area contributed by atoms with E-state index in [0.29, 0.717) is 22.2 Å². The minimum atomic E-state index is -1.08. The number of amides is 1. The molecule has 2 aromatic rings. The lowest BCUT2D eigenvalue weighted by molar-refractivity contribution is -0.123. The number of anilines is 1. The van der Waals surface area contributed by atoms with E-state index in [-0.39, 0.29) is 12.4 Å². The van der Waals surface area contributed by atoms with Gasteiger partial charge < -0.3 is 19.3 Å². The molecule has 29 heavy (non-hydrogen) atoms. The molecule has 9 heteroatoms. The lowest BCUT2D eigenvalue weighted by Crippen LogP contribution is -2.30. The fraction of sp³-hybridized carbons (Fsp3) is 0.500. The molecular weight excluding hydrogens is 396 g/mol. The molecule has 0 saturated carbocycles. The summed E-state index contributed by atoms with van der Waals surface area (Å²) in [5.41, 5.74) is 1.90. The summed E-state index contributed by atoms with van der Waals surface area (Å²) < 4.78 is 15.2. The molecular formula is C20H24N2O6S. The van der Waals surface area contributed by atoms with Crippen LogP contribution in [0.5, 0.6) is 0 Å². The van der Waals surface area contributed by atoms with Gasteiger partial charge in [-0.25, -0.2) is 9.59 Å². The quantitative estimate of drug-likeness (QED) is 0.712. The third kappa shape index (κ3) is 4.67.